The van der Waals surface area contributed by atoms with Crippen LogP contribution < -0.4 is 15.2 Å². The number of nitrogens with two attached hydrogens (primary N) is 1. The van der Waals surface area contributed by atoms with Crippen molar-refractivity contribution in [1.29, 1.82) is 5.41 Å². The molecule has 0 spiro atoms. The summed E-state index contributed by atoms with van der Waals surface area (Å²) in [6, 6.07) is 4.72. The van der Waals surface area contributed by atoms with Crippen molar-refractivity contribution in [2.45, 2.75) is 19.8 Å². The van der Waals surface area contributed by atoms with Crippen molar-refractivity contribution in [3.63, 3.8) is 0 Å². The number of methoxy groups -OCH3 is 1. The number of hydrogen-bond donors (Lipinski definition) is 3. The van der Waals surface area contributed by atoms with Crippen molar-refractivity contribution in [3.05, 3.63) is 35.8 Å². The summed E-state index contributed by atoms with van der Waals surface area (Å²) in [7, 11) is 0.00770. The second kappa shape index (κ2) is 9.32. The molecule has 1 aromatic heterocycles. The van der Waals surface area contributed by atoms with Crippen molar-refractivity contribution in [1.82, 2.24) is 4.98 Å². The molecule has 2 heterocycles. The first-order chi connectivity index (χ1) is 13.9. The minimum absolute atomic E-state index is 0.00215. The SMILES string of the molecule is CCCS(=O)Nc1cc(-c2cnc(N)c(C(=N)C3CCOC3)c2)cc(F)c1OC. The molecule has 0 saturated carbocycles. The summed E-state index contributed by atoms with van der Waals surface area (Å²) in [5, 5.41) is 8.47. The van der Waals surface area contributed by atoms with Gasteiger partial charge in [0.25, 0.3) is 0 Å². The zero-order chi connectivity index (χ0) is 21.0. The molecule has 0 aliphatic carbocycles. The first-order valence-electron chi connectivity index (χ1n) is 9.39. The Morgan fingerprint density at radius 2 is 2.24 bits per heavy atom. The molecule has 0 bridgehead atoms. The van der Waals surface area contributed by atoms with E-state index >= 15 is 0 Å². The van der Waals surface area contributed by atoms with E-state index in [2.05, 4.69) is 9.71 Å². The minimum atomic E-state index is -1.35. The van der Waals surface area contributed by atoms with E-state index in [0.29, 0.717) is 47.1 Å². The van der Waals surface area contributed by atoms with Gasteiger partial charge >= 0.3 is 0 Å². The third-order valence-electron chi connectivity index (χ3n) is 4.74. The molecule has 1 aliphatic rings. The molecule has 1 saturated heterocycles. The van der Waals surface area contributed by atoms with Crippen molar-refractivity contribution in [2.75, 3.05) is 36.5 Å². The van der Waals surface area contributed by atoms with Gasteiger partial charge < -0.3 is 25.3 Å². The lowest BCUT2D eigenvalue weighted by Gasteiger charge is -2.15. The van der Waals surface area contributed by atoms with Crippen LogP contribution in [0.15, 0.2) is 24.4 Å². The van der Waals surface area contributed by atoms with Gasteiger partial charge in [-0.15, -0.1) is 0 Å². The van der Waals surface area contributed by atoms with Gasteiger partial charge in [0.2, 0.25) is 0 Å². The van der Waals surface area contributed by atoms with Crippen molar-refractivity contribution in [3.8, 4) is 16.9 Å². The van der Waals surface area contributed by atoms with Gasteiger partial charge in [-0.2, -0.15) is 0 Å². The molecule has 9 heteroatoms. The lowest BCUT2D eigenvalue weighted by atomic mass is 9.94. The third-order valence-corrected chi connectivity index (χ3v) is 5.97. The number of benzene rings is 1. The zero-order valence-corrected chi connectivity index (χ0v) is 17.3. The first-order valence-corrected chi connectivity index (χ1v) is 10.7. The van der Waals surface area contributed by atoms with Gasteiger partial charge in [-0.1, -0.05) is 6.92 Å². The monoisotopic (exact) mass is 420 g/mol. The van der Waals surface area contributed by atoms with Crippen LogP contribution in [-0.4, -0.2) is 41.0 Å². The van der Waals surface area contributed by atoms with Gasteiger partial charge in [0.15, 0.2) is 11.6 Å². The highest BCUT2D eigenvalue weighted by molar-refractivity contribution is 7.86. The highest BCUT2D eigenvalue weighted by Crippen LogP contribution is 2.35. The molecule has 0 amide bonds. The smallest absolute Gasteiger partial charge is 0.178 e. The lowest BCUT2D eigenvalue weighted by Crippen LogP contribution is -2.17. The Bertz CT molecular complexity index is 932. The fourth-order valence-corrected chi connectivity index (χ4v) is 4.10. The molecular formula is C20H25FN4O3S. The van der Waals surface area contributed by atoms with E-state index in [0.717, 1.165) is 12.8 Å². The predicted molar refractivity (Wildman–Crippen MR) is 113 cm³/mol. The topological polar surface area (TPSA) is 110 Å². The normalized spacial score (nSPS) is 17.1. The zero-order valence-electron chi connectivity index (χ0n) is 16.5. The Labute approximate surface area is 171 Å². The van der Waals surface area contributed by atoms with Crippen molar-refractivity contribution in [2.24, 2.45) is 5.92 Å². The summed E-state index contributed by atoms with van der Waals surface area (Å²) in [5.74, 6) is 0.0671. The maximum absolute atomic E-state index is 14.6. The molecule has 1 fully saturated rings. The number of halogens is 1. The maximum Gasteiger partial charge on any atom is 0.178 e. The first kappa shape index (κ1) is 21.2. The Morgan fingerprint density at radius 1 is 1.45 bits per heavy atom. The largest absolute Gasteiger partial charge is 0.492 e. The molecule has 29 heavy (non-hydrogen) atoms. The molecular weight excluding hydrogens is 395 g/mol. The van der Waals surface area contributed by atoms with Crippen LogP contribution in [-0.2, 0) is 15.7 Å². The molecule has 3 rings (SSSR count). The fraction of sp³-hybridized carbons (Fsp3) is 0.400. The number of anilines is 2. The van der Waals surface area contributed by atoms with Crippen molar-refractivity contribution >= 4 is 28.2 Å². The summed E-state index contributed by atoms with van der Waals surface area (Å²) in [6.45, 7) is 3.02. The Kier molecular flexibility index (Phi) is 6.81. The van der Waals surface area contributed by atoms with Gasteiger partial charge in [-0.3, -0.25) is 0 Å². The summed E-state index contributed by atoms with van der Waals surface area (Å²) < 4.78 is 40.1. The Balaban J connectivity index is 1.99. The number of nitrogens with zero attached hydrogens (tertiary/aromatic N) is 1. The number of rotatable bonds is 8. The second-order valence-corrected chi connectivity index (χ2v) is 8.12. The third kappa shape index (κ3) is 4.73. The number of aromatic nitrogens is 1. The number of nitrogens with one attached hydrogen (secondary N) is 2. The summed E-state index contributed by atoms with van der Waals surface area (Å²) in [5.41, 5.74) is 8.30. The van der Waals surface area contributed by atoms with Gasteiger partial charge in [-0.25, -0.2) is 13.6 Å². The average molecular weight is 421 g/mol. The van der Waals surface area contributed by atoms with Crippen LogP contribution in [0.5, 0.6) is 5.75 Å². The van der Waals surface area contributed by atoms with E-state index in [1.807, 2.05) is 6.92 Å². The molecule has 2 aromatic rings. The highest BCUT2D eigenvalue weighted by atomic mass is 32.2. The van der Waals surface area contributed by atoms with Crippen LogP contribution in [0.2, 0.25) is 0 Å². The highest BCUT2D eigenvalue weighted by Gasteiger charge is 2.24. The summed E-state index contributed by atoms with van der Waals surface area (Å²) in [6.07, 6.45) is 3.02. The lowest BCUT2D eigenvalue weighted by molar-refractivity contribution is 0.193. The second-order valence-electron chi connectivity index (χ2n) is 6.82. The van der Waals surface area contributed by atoms with Gasteiger partial charge in [0, 0.05) is 41.3 Å². The van der Waals surface area contributed by atoms with Crippen LogP contribution in [0, 0.1) is 17.1 Å². The number of hydrogen-bond acceptors (Lipinski definition) is 6. The van der Waals surface area contributed by atoms with Crippen molar-refractivity contribution < 1.29 is 18.1 Å². The van der Waals surface area contributed by atoms with E-state index in [9.17, 15) is 8.60 Å². The Hall–Kier alpha value is -2.52. The summed E-state index contributed by atoms with van der Waals surface area (Å²) >= 11 is 0. The van der Waals surface area contributed by atoms with Gasteiger partial charge in [-0.05, 0) is 36.6 Å². The van der Waals surface area contributed by atoms with E-state index < -0.39 is 16.8 Å². The molecule has 7 nitrogen and oxygen atoms in total. The van der Waals surface area contributed by atoms with Crippen LogP contribution in [0.3, 0.4) is 0 Å². The minimum Gasteiger partial charge on any atom is -0.492 e. The molecule has 1 aromatic carbocycles. The average Bonchev–Trinajstić information content (AvgIpc) is 3.22. The molecule has 1 aliphatic heterocycles. The van der Waals surface area contributed by atoms with Crippen LogP contribution >= 0.6 is 0 Å². The van der Waals surface area contributed by atoms with Gasteiger partial charge in [0.05, 0.1) is 19.4 Å². The van der Waals surface area contributed by atoms with E-state index in [4.69, 9.17) is 20.6 Å². The van der Waals surface area contributed by atoms with Crippen LogP contribution in [0.4, 0.5) is 15.9 Å². The van der Waals surface area contributed by atoms with E-state index in [1.54, 1.807) is 12.1 Å². The molecule has 156 valence electrons. The number of ether oxygens (including phenoxy) is 2. The molecule has 2 atom stereocenters. The number of nitrogen functional groups attached to an aromatic ring is 1. The standard InChI is InChI=1S/C20H25FN4O3S/c1-3-6-29(26)25-17-9-13(8-16(21)19(17)27-2)14-7-15(20(23)24-10-14)18(22)12-4-5-28-11-12/h7-10,12,22,25H,3-6,11H2,1-2H3,(H2,23,24). The molecule has 4 N–H and O–H groups in total. The van der Waals surface area contributed by atoms with Crippen LogP contribution in [0.25, 0.3) is 11.1 Å². The molecule has 2 unspecified atom stereocenters. The van der Waals surface area contributed by atoms with E-state index in [1.165, 1.54) is 19.4 Å². The number of pyridine rings is 1. The maximum atomic E-state index is 14.6. The quantitative estimate of drug-likeness (QED) is 0.567. The predicted octanol–water partition coefficient (Wildman–Crippen LogP) is 3.37. The fourth-order valence-electron chi connectivity index (χ4n) is 3.23. The van der Waals surface area contributed by atoms with Crippen LogP contribution in [0.1, 0.15) is 25.3 Å². The van der Waals surface area contributed by atoms with E-state index in [-0.39, 0.29) is 17.5 Å². The summed E-state index contributed by atoms with van der Waals surface area (Å²) in [4.78, 5) is 4.20. The Morgan fingerprint density at radius 3 is 2.90 bits per heavy atom. The van der Waals surface area contributed by atoms with Gasteiger partial charge in [0.1, 0.15) is 16.8 Å². The molecule has 0 radical (unpaired) electrons.